The van der Waals surface area contributed by atoms with Crippen LogP contribution < -0.4 is 5.32 Å². The summed E-state index contributed by atoms with van der Waals surface area (Å²) in [6, 6.07) is 5.55. The van der Waals surface area contributed by atoms with Gasteiger partial charge in [-0.1, -0.05) is 11.6 Å². The minimum atomic E-state index is -0.0267. The second-order valence-corrected chi connectivity index (χ2v) is 6.30. The Morgan fingerprint density at radius 3 is 2.62 bits per heavy atom. The molecule has 0 aromatic carbocycles. The molecular weight excluding hydrogens is 261 g/mol. The monoisotopic (exact) mass is 280 g/mol. The zero-order valence-electron chi connectivity index (χ0n) is 12.0. The van der Waals surface area contributed by atoms with Crippen molar-refractivity contribution in [3.8, 4) is 0 Å². The molecule has 4 fully saturated rings. The molecular formula is C16H19BN3O. The van der Waals surface area contributed by atoms with Crippen LogP contribution in [-0.4, -0.2) is 43.8 Å². The average molecular weight is 280 g/mol. The lowest BCUT2D eigenvalue weighted by molar-refractivity contribution is -0.112. The van der Waals surface area contributed by atoms with Crippen molar-refractivity contribution in [1.29, 1.82) is 0 Å². The molecule has 1 amide bonds. The summed E-state index contributed by atoms with van der Waals surface area (Å²) < 4.78 is 0. The Balaban J connectivity index is 0.00000132. The maximum Gasteiger partial charge on any atom is 0.249 e. The van der Waals surface area contributed by atoms with Crippen molar-refractivity contribution >= 4 is 20.1 Å². The number of anilines is 1. The summed E-state index contributed by atoms with van der Waals surface area (Å²) in [5, 5.41) is 2.86. The molecule has 4 aliphatic rings. The van der Waals surface area contributed by atoms with Crippen LogP contribution in [-0.2, 0) is 4.79 Å². The number of nitrogens with one attached hydrogen (secondary N) is 1. The minimum absolute atomic E-state index is 0. The summed E-state index contributed by atoms with van der Waals surface area (Å²) in [4.78, 5) is 18.9. The summed E-state index contributed by atoms with van der Waals surface area (Å²) in [5.74, 6) is 2.68. The highest BCUT2D eigenvalue weighted by atomic mass is 16.1. The van der Waals surface area contributed by atoms with E-state index in [2.05, 4.69) is 15.2 Å². The molecule has 4 nitrogen and oxygen atoms in total. The Hall–Kier alpha value is -1.62. The van der Waals surface area contributed by atoms with Crippen LogP contribution in [0.2, 0.25) is 0 Å². The van der Waals surface area contributed by atoms with Crippen LogP contribution >= 0.6 is 0 Å². The van der Waals surface area contributed by atoms with Gasteiger partial charge in [0.25, 0.3) is 0 Å². The van der Waals surface area contributed by atoms with Crippen LogP contribution in [0.5, 0.6) is 0 Å². The molecule has 107 valence electrons. The van der Waals surface area contributed by atoms with E-state index in [1.807, 2.05) is 24.3 Å². The Kier molecular flexibility index (Phi) is 3.85. The Morgan fingerprint density at radius 2 is 2.00 bits per heavy atom. The molecule has 1 aliphatic carbocycles. The largest absolute Gasteiger partial charge is 0.307 e. The number of piperidine rings is 3. The topological polar surface area (TPSA) is 45.2 Å². The molecule has 0 spiro atoms. The summed E-state index contributed by atoms with van der Waals surface area (Å²) in [6.07, 6.45) is 6.09. The van der Waals surface area contributed by atoms with E-state index in [0.29, 0.717) is 17.7 Å². The number of rotatable bonds is 2. The fourth-order valence-electron chi connectivity index (χ4n) is 4.21. The van der Waals surface area contributed by atoms with Crippen molar-refractivity contribution in [3.05, 3.63) is 36.0 Å². The second-order valence-electron chi connectivity index (χ2n) is 6.30. The van der Waals surface area contributed by atoms with E-state index in [1.165, 1.54) is 25.0 Å². The molecule has 2 unspecified atom stereocenters. The molecule has 3 aliphatic heterocycles. The number of amides is 1. The van der Waals surface area contributed by atoms with E-state index in [0.717, 1.165) is 19.0 Å². The third-order valence-corrected chi connectivity index (χ3v) is 4.87. The quantitative estimate of drug-likeness (QED) is 0.660. The van der Waals surface area contributed by atoms with Crippen LogP contribution in [0.4, 0.5) is 5.82 Å². The minimum Gasteiger partial charge on any atom is -0.307 e. The number of carbonyl (C=O) groups is 1. The number of pyridine rings is 1. The molecule has 1 N–H and O–H groups in total. The maximum absolute atomic E-state index is 12.2. The molecule has 3 saturated heterocycles. The zero-order chi connectivity index (χ0) is 13.5. The van der Waals surface area contributed by atoms with E-state index in [9.17, 15) is 4.79 Å². The molecule has 1 aromatic rings. The van der Waals surface area contributed by atoms with Gasteiger partial charge in [-0.05, 0) is 42.7 Å². The van der Waals surface area contributed by atoms with Crippen molar-refractivity contribution in [2.75, 3.05) is 25.0 Å². The fraction of sp³-hybridized carbons (Fsp3) is 0.500. The van der Waals surface area contributed by atoms with E-state index in [1.54, 1.807) is 6.20 Å². The van der Waals surface area contributed by atoms with E-state index >= 15 is 0 Å². The Morgan fingerprint density at radius 1 is 1.24 bits per heavy atom. The second kappa shape index (κ2) is 5.64. The maximum atomic E-state index is 12.2. The lowest BCUT2D eigenvalue weighted by atomic mass is 9.65. The highest BCUT2D eigenvalue weighted by molar-refractivity contribution is 5.99. The molecule has 5 rings (SSSR count). The van der Waals surface area contributed by atoms with Gasteiger partial charge >= 0.3 is 0 Å². The molecule has 21 heavy (non-hydrogen) atoms. The highest BCUT2D eigenvalue weighted by Crippen LogP contribution is 2.46. The summed E-state index contributed by atoms with van der Waals surface area (Å²) >= 11 is 0. The van der Waals surface area contributed by atoms with Crippen LogP contribution in [0.1, 0.15) is 12.8 Å². The third-order valence-electron chi connectivity index (χ3n) is 4.87. The lowest BCUT2D eigenvalue weighted by Crippen LogP contribution is -2.54. The highest BCUT2D eigenvalue weighted by Gasteiger charge is 2.44. The van der Waals surface area contributed by atoms with Gasteiger partial charge in [-0.3, -0.25) is 4.79 Å². The summed E-state index contributed by atoms with van der Waals surface area (Å²) in [6.45, 7) is 3.58. The van der Waals surface area contributed by atoms with E-state index in [-0.39, 0.29) is 14.3 Å². The number of nitrogens with zero attached hydrogens (tertiary/aromatic N) is 2. The number of aromatic nitrogens is 1. The number of hydrogen-bond donors (Lipinski definition) is 1. The summed E-state index contributed by atoms with van der Waals surface area (Å²) in [5.41, 5.74) is 1.38. The SMILES string of the molecule is O=C(C=C1C2CC3CC1CN(C3)C2)Nc1ccccn1.[B]. The standard InChI is InChI=1S/C16H19N3O.B/c20-16(18-15-3-1-2-4-17-15)7-14-12-5-11-6-13(14)10-19(8-11)9-12;/h1-4,7,11-13H,5-6,8-10H2,(H,17,18,20);. The van der Waals surface area contributed by atoms with Crippen LogP contribution in [0.15, 0.2) is 36.0 Å². The molecule has 2 atom stereocenters. The van der Waals surface area contributed by atoms with Crippen molar-refractivity contribution in [3.63, 3.8) is 0 Å². The predicted octanol–water partition coefficient (Wildman–Crippen LogP) is 1.54. The number of carbonyl (C=O) groups excluding carboxylic acids is 1. The normalized spacial score (nSPS) is 32.5. The van der Waals surface area contributed by atoms with Crippen molar-refractivity contribution in [2.45, 2.75) is 12.8 Å². The molecule has 4 heterocycles. The van der Waals surface area contributed by atoms with E-state index < -0.39 is 0 Å². The fourth-order valence-corrected chi connectivity index (χ4v) is 4.21. The predicted molar refractivity (Wildman–Crippen MR) is 82.8 cm³/mol. The smallest absolute Gasteiger partial charge is 0.249 e. The van der Waals surface area contributed by atoms with Crippen molar-refractivity contribution < 1.29 is 4.79 Å². The first-order chi connectivity index (χ1) is 9.78. The van der Waals surface area contributed by atoms with Gasteiger partial charge in [-0.25, -0.2) is 4.98 Å². The lowest BCUT2D eigenvalue weighted by Gasteiger charge is -2.53. The zero-order valence-corrected chi connectivity index (χ0v) is 12.0. The molecule has 4 bridgehead atoms. The van der Waals surface area contributed by atoms with Gasteiger partial charge < -0.3 is 10.2 Å². The number of hydrogen-bond acceptors (Lipinski definition) is 3. The molecule has 1 aromatic heterocycles. The van der Waals surface area contributed by atoms with Crippen LogP contribution in [0.25, 0.3) is 0 Å². The van der Waals surface area contributed by atoms with Gasteiger partial charge in [0.05, 0.1) is 0 Å². The van der Waals surface area contributed by atoms with Gasteiger partial charge in [-0.15, -0.1) is 0 Å². The first-order valence-corrected chi connectivity index (χ1v) is 7.44. The first kappa shape index (κ1) is 14.3. The van der Waals surface area contributed by atoms with Crippen molar-refractivity contribution in [2.24, 2.45) is 17.8 Å². The molecule has 5 heteroatoms. The van der Waals surface area contributed by atoms with Gasteiger partial charge in [0.15, 0.2) is 0 Å². The first-order valence-electron chi connectivity index (χ1n) is 7.44. The molecule has 1 saturated carbocycles. The van der Waals surface area contributed by atoms with Gasteiger partial charge in [0.2, 0.25) is 5.91 Å². The van der Waals surface area contributed by atoms with Gasteiger partial charge in [0, 0.05) is 40.3 Å². The van der Waals surface area contributed by atoms with Crippen LogP contribution in [0, 0.1) is 17.8 Å². The van der Waals surface area contributed by atoms with Crippen molar-refractivity contribution in [1.82, 2.24) is 9.88 Å². The average Bonchev–Trinajstić information content (AvgIpc) is 2.43. The Labute approximate surface area is 127 Å². The van der Waals surface area contributed by atoms with E-state index in [4.69, 9.17) is 0 Å². The molecule has 3 radical (unpaired) electrons. The third kappa shape index (κ3) is 2.75. The summed E-state index contributed by atoms with van der Waals surface area (Å²) in [7, 11) is 0. The van der Waals surface area contributed by atoms with Gasteiger partial charge in [-0.2, -0.15) is 0 Å². The van der Waals surface area contributed by atoms with Crippen LogP contribution in [0.3, 0.4) is 0 Å². The van der Waals surface area contributed by atoms with Gasteiger partial charge in [0.1, 0.15) is 5.82 Å². The Bertz CT molecular complexity index is 528.